The summed E-state index contributed by atoms with van der Waals surface area (Å²) in [5, 5.41) is 10.4. The Hall–Kier alpha value is -5.48. The Morgan fingerprint density at radius 2 is 1.29 bits per heavy atom. The van der Waals surface area contributed by atoms with Gasteiger partial charge in [-0.2, -0.15) is 0 Å². The number of para-hydroxylation sites is 2. The van der Waals surface area contributed by atoms with Gasteiger partial charge >= 0.3 is 0 Å². The minimum atomic E-state index is 0.136. The van der Waals surface area contributed by atoms with E-state index in [1.54, 1.807) is 12.1 Å². The van der Waals surface area contributed by atoms with Crippen molar-refractivity contribution in [2.24, 2.45) is 0 Å². The fraction of sp³-hybridized carbons (Fsp3) is 0.0270. The summed E-state index contributed by atoms with van der Waals surface area (Å²) in [7, 11) is 0. The molecular weight excluding hydrogens is 504 g/mol. The quantitative estimate of drug-likeness (QED) is 0.233. The Bertz CT molecular complexity index is 1980. The van der Waals surface area contributed by atoms with E-state index in [-0.39, 0.29) is 5.75 Å². The molecular formula is C37H26N2O2. The molecule has 4 heteroatoms. The molecule has 2 heterocycles. The molecule has 0 aliphatic rings. The maximum Gasteiger partial charge on any atom is 0.231 e. The van der Waals surface area contributed by atoms with Gasteiger partial charge in [0.25, 0.3) is 0 Å². The van der Waals surface area contributed by atoms with Crippen LogP contribution in [0.25, 0.3) is 56.1 Å². The normalized spacial score (nSPS) is 11.1. The number of aromatic nitrogens is 2. The first kappa shape index (κ1) is 24.6. The third-order valence-electron chi connectivity index (χ3n) is 7.27. The van der Waals surface area contributed by atoms with Crippen molar-refractivity contribution in [3.63, 3.8) is 0 Å². The zero-order valence-corrected chi connectivity index (χ0v) is 22.2. The van der Waals surface area contributed by atoms with Crippen molar-refractivity contribution in [1.29, 1.82) is 0 Å². The second-order valence-corrected chi connectivity index (χ2v) is 10.1. The number of phenolic OH excluding ortho intramolecular Hbond substituents is 1. The van der Waals surface area contributed by atoms with Crippen LogP contribution in [0, 0.1) is 0 Å². The average molecular weight is 531 g/mol. The number of hydrogen-bond acceptors (Lipinski definition) is 4. The van der Waals surface area contributed by atoms with Gasteiger partial charge in [0, 0.05) is 17.3 Å². The summed E-state index contributed by atoms with van der Waals surface area (Å²) >= 11 is 0. The number of pyridine rings is 1. The number of benzene rings is 5. The highest BCUT2D eigenvalue weighted by atomic mass is 16.3. The Morgan fingerprint density at radius 1 is 0.561 bits per heavy atom. The Kier molecular flexibility index (Phi) is 6.34. The summed E-state index contributed by atoms with van der Waals surface area (Å²) < 4.78 is 6.12. The predicted octanol–water partition coefficient (Wildman–Crippen LogP) is 9.19. The molecule has 196 valence electrons. The van der Waals surface area contributed by atoms with Gasteiger partial charge in [-0.1, -0.05) is 91.0 Å². The predicted molar refractivity (Wildman–Crippen MR) is 164 cm³/mol. The SMILES string of the molecule is Oc1ccccc1-c1nc2c(-c3cc(Cc4ccccc4)cc(-c4cc(-c5ccccc5)ccn4)c3)cccc2o1. The van der Waals surface area contributed by atoms with E-state index < -0.39 is 0 Å². The molecule has 41 heavy (non-hydrogen) atoms. The summed E-state index contributed by atoms with van der Waals surface area (Å²) in [4.78, 5) is 9.62. The lowest BCUT2D eigenvalue weighted by Gasteiger charge is -2.12. The van der Waals surface area contributed by atoms with Gasteiger partial charge in [-0.15, -0.1) is 0 Å². The zero-order chi connectivity index (χ0) is 27.6. The van der Waals surface area contributed by atoms with Gasteiger partial charge in [0.2, 0.25) is 5.89 Å². The van der Waals surface area contributed by atoms with Crippen molar-refractivity contribution < 1.29 is 9.52 Å². The van der Waals surface area contributed by atoms with Crippen LogP contribution in [0.3, 0.4) is 0 Å². The lowest BCUT2D eigenvalue weighted by atomic mass is 9.94. The molecule has 0 spiro atoms. The highest BCUT2D eigenvalue weighted by Crippen LogP contribution is 2.37. The number of oxazole rings is 1. The van der Waals surface area contributed by atoms with Crippen LogP contribution in [0.1, 0.15) is 11.1 Å². The molecule has 0 atom stereocenters. The molecule has 0 saturated carbocycles. The van der Waals surface area contributed by atoms with Gasteiger partial charge in [-0.05, 0) is 76.7 Å². The standard InChI is InChI=1S/C37H26N2O2/c40-34-16-8-7-14-32(34)37-39-36-31(15-9-17-35(36)41-37)29-21-26(20-25-10-3-1-4-11-25)22-30(23-29)33-24-28(18-19-38-33)27-12-5-2-6-13-27/h1-19,21-24,40H,20H2. The van der Waals surface area contributed by atoms with Crippen LogP contribution in [0.5, 0.6) is 5.75 Å². The molecule has 5 aromatic carbocycles. The molecule has 2 aromatic heterocycles. The van der Waals surface area contributed by atoms with Crippen molar-refractivity contribution in [3.8, 4) is 50.7 Å². The van der Waals surface area contributed by atoms with Crippen LogP contribution in [0.4, 0.5) is 0 Å². The zero-order valence-electron chi connectivity index (χ0n) is 22.2. The molecule has 0 aliphatic carbocycles. The van der Waals surface area contributed by atoms with E-state index in [9.17, 15) is 5.11 Å². The molecule has 0 saturated heterocycles. The van der Waals surface area contributed by atoms with E-state index >= 15 is 0 Å². The van der Waals surface area contributed by atoms with Crippen molar-refractivity contribution >= 4 is 11.1 Å². The summed E-state index contributed by atoms with van der Waals surface area (Å²) in [6.45, 7) is 0. The minimum Gasteiger partial charge on any atom is -0.507 e. The number of aromatic hydroxyl groups is 1. The van der Waals surface area contributed by atoms with Crippen molar-refractivity contribution in [3.05, 3.63) is 151 Å². The number of phenols is 1. The lowest BCUT2D eigenvalue weighted by Crippen LogP contribution is -1.93. The Morgan fingerprint density at radius 3 is 2.12 bits per heavy atom. The van der Waals surface area contributed by atoms with E-state index in [0.29, 0.717) is 17.0 Å². The lowest BCUT2D eigenvalue weighted by molar-refractivity contribution is 0.474. The molecule has 0 fully saturated rings. The third-order valence-corrected chi connectivity index (χ3v) is 7.27. The number of rotatable bonds is 6. The third kappa shape index (κ3) is 4.99. The van der Waals surface area contributed by atoms with E-state index in [0.717, 1.165) is 45.4 Å². The topological polar surface area (TPSA) is 59.2 Å². The highest BCUT2D eigenvalue weighted by Gasteiger charge is 2.16. The van der Waals surface area contributed by atoms with E-state index in [1.807, 2.05) is 48.7 Å². The van der Waals surface area contributed by atoms with Gasteiger partial charge in [-0.3, -0.25) is 4.98 Å². The maximum atomic E-state index is 10.4. The van der Waals surface area contributed by atoms with Crippen LogP contribution in [-0.2, 0) is 6.42 Å². The monoisotopic (exact) mass is 530 g/mol. The minimum absolute atomic E-state index is 0.136. The number of fused-ring (bicyclic) bond motifs is 1. The molecule has 0 unspecified atom stereocenters. The molecule has 0 aliphatic heterocycles. The first-order chi connectivity index (χ1) is 20.2. The molecule has 4 nitrogen and oxygen atoms in total. The summed E-state index contributed by atoms with van der Waals surface area (Å²) in [6, 6.07) is 44.7. The summed E-state index contributed by atoms with van der Waals surface area (Å²) in [6.07, 6.45) is 2.66. The number of hydrogen-bond donors (Lipinski definition) is 1. The Balaban J connectivity index is 1.38. The fourth-order valence-electron chi connectivity index (χ4n) is 5.28. The molecule has 0 amide bonds. The smallest absolute Gasteiger partial charge is 0.231 e. The van der Waals surface area contributed by atoms with Gasteiger partial charge in [0.1, 0.15) is 11.3 Å². The largest absolute Gasteiger partial charge is 0.507 e. The summed E-state index contributed by atoms with van der Waals surface area (Å²) in [5.74, 6) is 0.528. The molecule has 0 radical (unpaired) electrons. The average Bonchev–Trinajstić information content (AvgIpc) is 3.46. The first-order valence-corrected chi connectivity index (χ1v) is 13.6. The molecule has 0 bridgehead atoms. The van der Waals surface area contributed by atoms with Crippen LogP contribution >= 0.6 is 0 Å². The van der Waals surface area contributed by atoms with Gasteiger partial charge in [0.05, 0.1) is 11.3 Å². The van der Waals surface area contributed by atoms with Crippen molar-refractivity contribution in [1.82, 2.24) is 9.97 Å². The van der Waals surface area contributed by atoms with Crippen LogP contribution in [0.2, 0.25) is 0 Å². The second-order valence-electron chi connectivity index (χ2n) is 10.1. The van der Waals surface area contributed by atoms with Gasteiger partial charge < -0.3 is 9.52 Å². The summed E-state index contributed by atoms with van der Waals surface area (Å²) in [5.41, 5.74) is 10.6. The number of nitrogens with zero attached hydrogens (tertiary/aromatic N) is 2. The van der Waals surface area contributed by atoms with Crippen LogP contribution in [0.15, 0.2) is 144 Å². The molecule has 1 N–H and O–H groups in total. The second kappa shape index (κ2) is 10.6. The molecule has 7 rings (SSSR count). The van der Waals surface area contributed by atoms with Crippen molar-refractivity contribution in [2.75, 3.05) is 0 Å². The highest BCUT2D eigenvalue weighted by molar-refractivity contribution is 5.93. The van der Waals surface area contributed by atoms with E-state index in [4.69, 9.17) is 14.4 Å². The van der Waals surface area contributed by atoms with Crippen LogP contribution < -0.4 is 0 Å². The molecule has 7 aromatic rings. The van der Waals surface area contributed by atoms with Crippen molar-refractivity contribution in [2.45, 2.75) is 6.42 Å². The van der Waals surface area contributed by atoms with E-state index in [2.05, 4.69) is 78.9 Å². The fourth-order valence-corrected chi connectivity index (χ4v) is 5.28. The van der Waals surface area contributed by atoms with E-state index in [1.165, 1.54) is 11.1 Å². The van der Waals surface area contributed by atoms with Gasteiger partial charge in [0.15, 0.2) is 5.58 Å². The van der Waals surface area contributed by atoms with Gasteiger partial charge in [-0.25, -0.2) is 4.98 Å². The Labute approximate surface area is 238 Å². The first-order valence-electron chi connectivity index (χ1n) is 13.6. The maximum absolute atomic E-state index is 10.4. The van der Waals surface area contributed by atoms with Crippen LogP contribution in [-0.4, -0.2) is 15.1 Å².